The van der Waals surface area contributed by atoms with Crippen molar-refractivity contribution in [1.82, 2.24) is 20.2 Å². The molecule has 0 spiro atoms. The van der Waals surface area contributed by atoms with E-state index in [0.717, 1.165) is 54.1 Å². The SMILES string of the molecule is CCCc1cc(-c2nc3cc4c(cc3[nH]2)C(C)(C)CCN4)n[nH]1. The van der Waals surface area contributed by atoms with Crippen molar-refractivity contribution in [3.8, 4) is 11.5 Å². The van der Waals surface area contributed by atoms with Crippen molar-refractivity contribution in [2.24, 2.45) is 0 Å². The summed E-state index contributed by atoms with van der Waals surface area (Å²) in [6.07, 6.45) is 3.26. The number of aromatic amines is 2. The van der Waals surface area contributed by atoms with E-state index in [1.807, 2.05) is 0 Å². The van der Waals surface area contributed by atoms with Crippen LogP contribution in [0.2, 0.25) is 0 Å². The van der Waals surface area contributed by atoms with Gasteiger partial charge in [-0.15, -0.1) is 0 Å². The standard InChI is InChI=1S/C18H23N5/c1-4-5-11-8-16(23-22-11)17-20-14-9-12-13(10-15(14)21-17)19-7-6-18(12,2)3/h8-10,19H,4-7H2,1-3H3,(H,20,21)(H,22,23). The van der Waals surface area contributed by atoms with Gasteiger partial charge in [0, 0.05) is 17.9 Å². The molecule has 0 radical (unpaired) electrons. The Morgan fingerprint density at radius 1 is 1.22 bits per heavy atom. The lowest BCUT2D eigenvalue weighted by molar-refractivity contribution is 0.482. The van der Waals surface area contributed by atoms with Crippen LogP contribution in [-0.4, -0.2) is 26.7 Å². The minimum Gasteiger partial charge on any atom is -0.385 e. The van der Waals surface area contributed by atoms with Crippen molar-refractivity contribution < 1.29 is 0 Å². The second-order valence-electron chi connectivity index (χ2n) is 7.09. The molecule has 120 valence electrons. The zero-order valence-electron chi connectivity index (χ0n) is 14.0. The van der Waals surface area contributed by atoms with Crippen LogP contribution >= 0.6 is 0 Å². The molecule has 5 nitrogen and oxygen atoms in total. The molecule has 0 atom stereocenters. The van der Waals surface area contributed by atoms with Crippen LogP contribution in [0.1, 0.15) is 44.9 Å². The normalized spacial score (nSPS) is 16.3. The zero-order valence-corrected chi connectivity index (χ0v) is 14.0. The highest BCUT2D eigenvalue weighted by Gasteiger charge is 2.28. The van der Waals surface area contributed by atoms with Gasteiger partial charge in [-0.3, -0.25) is 5.10 Å². The van der Waals surface area contributed by atoms with E-state index in [4.69, 9.17) is 4.98 Å². The Kier molecular flexibility index (Phi) is 3.18. The Morgan fingerprint density at radius 2 is 2.09 bits per heavy atom. The number of H-pyrrole nitrogens is 2. The minimum absolute atomic E-state index is 0.195. The predicted octanol–water partition coefficient (Wildman–Crippen LogP) is 4.00. The van der Waals surface area contributed by atoms with E-state index in [-0.39, 0.29) is 5.41 Å². The average Bonchev–Trinajstić information content (AvgIpc) is 3.11. The van der Waals surface area contributed by atoms with Crippen LogP contribution in [0.3, 0.4) is 0 Å². The van der Waals surface area contributed by atoms with Crippen molar-refractivity contribution in [1.29, 1.82) is 0 Å². The fourth-order valence-corrected chi connectivity index (χ4v) is 3.41. The largest absolute Gasteiger partial charge is 0.385 e. The third-order valence-electron chi connectivity index (χ3n) is 4.81. The van der Waals surface area contributed by atoms with Crippen LogP contribution < -0.4 is 5.32 Å². The summed E-state index contributed by atoms with van der Waals surface area (Å²) in [7, 11) is 0. The monoisotopic (exact) mass is 309 g/mol. The maximum Gasteiger partial charge on any atom is 0.159 e. The van der Waals surface area contributed by atoms with Gasteiger partial charge in [-0.05, 0) is 42.0 Å². The number of anilines is 1. The minimum atomic E-state index is 0.195. The number of hydrogen-bond acceptors (Lipinski definition) is 3. The molecule has 3 aromatic rings. The summed E-state index contributed by atoms with van der Waals surface area (Å²) in [5.41, 5.74) is 6.88. The third-order valence-corrected chi connectivity index (χ3v) is 4.81. The second-order valence-corrected chi connectivity index (χ2v) is 7.09. The smallest absolute Gasteiger partial charge is 0.159 e. The summed E-state index contributed by atoms with van der Waals surface area (Å²) in [5, 5.41) is 11.0. The van der Waals surface area contributed by atoms with Crippen molar-refractivity contribution >= 4 is 16.7 Å². The maximum atomic E-state index is 4.73. The number of fused-ring (bicyclic) bond motifs is 2. The molecule has 4 rings (SSSR count). The van der Waals surface area contributed by atoms with Gasteiger partial charge in [-0.1, -0.05) is 27.2 Å². The number of nitrogens with zero attached hydrogens (tertiary/aromatic N) is 2. The first-order chi connectivity index (χ1) is 11.1. The molecule has 0 saturated heterocycles. The Hall–Kier alpha value is -2.30. The van der Waals surface area contributed by atoms with Crippen molar-refractivity contribution in [2.75, 3.05) is 11.9 Å². The van der Waals surface area contributed by atoms with Gasteiger partial charge in [0.05, 0.1) is 11.0 Å². The van der Waals surface area contributed by atoms with Crippen LogP contribution in [0, 0.1) is 0 Å². The van der Waals surface area contributed by atoms with Gasteiger partial charge in [0.1, 0.15) is 5.69 Å². The number of rotatable bonds is 3. The molecule has 23 heavy (non-hydrogen) atoms. The molecule has 0 saturated carbocycles. The molecule has 1 aliphatic rings. The van der Waals surface area contributed by atoms with Crippen LogP contribution in [0.25, 0.3) is 22.6 Å². The number of aryl methyl sites for hydroxylation is 1. The molecular weight excluding hydrogens is 286 g/mol. The van der Waals surface area contributed by atoms with Gasteiger partial charge in [-0.2, -0.15) is 5.10 Å². The summed E-state index contributed by atoms with van der Waals surface area (Å²) in [5.74, 6) is 0.832. The van der Waals surface area contributed by atoms with E-state index in [2.05, 4.69) is 59.5 Å². The topological polar surface area (TPSA) is 69.4 Å². The first-order valence-electron chi connectivity index (χ1n) is 8.39. The molecule has 1 aliphatic heterocycles. The molecule has 0 unspecified atom stereocenters. The van der Waals surface area contributed by atoms with Crippen LogP contribution in [-0.2, 0) is 11.8 Å². The van der Waals surface area contributed by atoms with Crippen LogP contribution in [0.15, 0.2) is 18.2 Å². The van der Waals surface area contributed by atoms with E-state index in [0.29, 0.717) is 0 Å². The quantitative estimate of drug-likeness (QED) is 0.685. The highest BCUT2D eigenvalue weighted by molar-refractivity contribution is 5.85. The van der Waals surface area contributed by atoms with Crippen molar-refractivity contribution in [3.05, 3.63) is 29.5 Å². The van der Waals surface area contributed by atoms with E-state index in [1.165, 1.54) is 11.3 Å². The molecule has 0 fully saturated rings. The van der Waals surface area contributed by atoms with E-state index in [9.17, 15) is 0 Å². The lowest BCUT2D eigenvalue weighted by atomic mass is 9.78. The number of aromatic nitrogens is 4. The number of benzene rings is 1. The summed E-state index contributed by atoms with van der Waals surface area (Å²) in [6.45, 7) is 7.80. The lowest BCUT2D eigenvalue weighted by Gasteiger charge is -2.33. The number of nitrogens with one attached hydrogen (secondary N) is 3. The molecule has 3 N–H and O–H groups in total. The average molecular weight is 309 g/mol. The molecule has 0 aliphatic carbocycles. The predicted molar refractivity (Wildman–Crippen MR) is 93.8 cm³/mol. The summed E-state index contributed by atoms with van der Waals surface area (Å²) in [4.78, 5) is 8.17. The van der Waals surface area contributed by atoms with E-state index in [1.54, 1.807) is 0 Å². The van der Waals surface area contributed by atoms with Gasteiger partial charge in [-0.25, -0.2) is 4.98 Å². The number of hydrogen-bond donors (Lipinski definition) is 3. The summed E-state index contributed by atoms with van der Waals surface area (Å²) in [6, 6.07) is 6.49. The highest BCUT2D eigenvalue weighted by atomic mass is 15.1. The highest BCUT2D eigenvalue weighted by Crippen LogP contribution is 2.38. The Labute approximate surface area is 135 Å². The Morgan fingerprint density at radius 3 is 2.91 bits per heavy atom. The van der Waals surface area contributed by atoms with Crippen LogP contribution in [0.4, 0.5) is 5.69 Å². The molecule has 2 aromatic heterocycles. The Balaban J connectivity index is 1.78. The molecule has 3 heterocycles. The maximum absolute atomic E-state index is 4.73. The first kappa shape index (κ1) is 14.3. The van der Waals surface area contributed by atoms with Gasteiger partial charge in [0.15, 0.2) is 5.82 Å². The van der Waals surface area contributed by atoms with E-state index < -0.39 is 0 Å². The first-order valence-corrected chi connectivity index (χ1v) is 8.39. The fourth-order valence-electron chi connectivity index (χ4n) is 3.41. The fraction of sp³-hybridized carbons (Fsp3) is 0.444. The van der Waals surface area contributed by atoms with Gasteiger partial charge >= 0.3 is 0 Å². The van der Waals surface area contributed by atoms with Gasteiger partial charge < -0.3 is 10.3 Å². The molecule has 0 bridgehead atoms. The summed E-state index contributed by atoms with van der Waals surface area (Å²) >= 11 is 0. The third kappa shape index (κ3) is 2.40. The van der Waals surface area contributed by atoms with Crippen LogP contribution in [0.5, 0.6) is 0 Å². The van der Waals surface area contributed by atoms with Gasteiger partial charge in [0.2, 0.25) is 0 Å². The molecule has 5 heteroatoms. The van der Waals surface area contributed by atoms with Gasteiger partial charge in [0.25, 0.3) is 0 Å². The zero-order chi connectivity index (χ0) is 16.0. The molecule has 0 amide bonds. The second kappa shape index (κ2) is 5.11. The Bertz CT molecular complexity index is 856. The van der Waals surface area contributed by atoms with Crippen molar-refractivity contribution in [3.63, 3.8) is 0 Å². The summed E-state index contributed by atoms with van der Waals surface area (Å²) < 4.78 is 0. The lowest BCUT2D eigenvalue weighted by Crippen LogP contribution is -2.28. The van der Waals surface area contributed by atoms with Crippen molar-refractivity contribution in [2.45, 2.75) is 45.4 Å². The molecule has 1 aromatic carbocycles. The molecular formula is C18H23N5. The van der Waals surface area contributed by atoms with E-state index >= 15 is 0 Å². The number of imidazole rings is 1.